The van der Waals surface area contributed by atoms with Crippen molar-refractivity contribution >= 4 is 22.7 Å². The maximum Gasteiger partial charge on any atom is 0.0892 e. The van der Waals surface area contributed by atoms with Crippen molar-refractivity contribution in [1.82, 2.24) is 0 Å². The van der Waals surface area contributed by atoms with E-state index in [1.807, 2.05) is 0 Å². The zero-order chi connectivity index (χ0) is 41.2. The van der Waals surface area contributed by atoms with Crippen molar-refractivity contribution in [1.29, 1.82) is 0 Å². The molecular weight excluding hydrogens is 737 g/mol. The lowest BCUT2D eigenvalue weighted by Crippen LogP contribution is -2.55. The van der Waals surface area contributed by atoms with E-state index in [1.54, 1.807) is 5.56 Å². The fraction of sp³-hybridized carbons (Fsp3) is 0.288. The van der Waals surface area contributed by atoms with Gasteiger partial charge in [0.15, 0.2) is 0 Å². The predicted octanol–water partition coefficient (Wildman–Crippen LogP) is 14.9. The molecule has 1 spiro atoms. The van der Waals surface area contributed by atoms with Gasteiger partial charge in [0, 0.05) is 38.9 Å². The lowest BCUT2D eigenvalue weighted by Gasteiger charge is -2.56. The smallest absolute Gasteiger partial charge is 0.0892 e. The van der Waals surface area contributed by atoms with Crippen LogP contribution in [0, 0.1) is 0 Å². The summed E-state index contributed by atoms with van der Waals surface area (Å²) in [5, 5.41) is 0. The molecule has 0 N–H and O–H groups in total. The monoisotopic (exact) mass is 788 g/mol. The molecule has 7 aromatic carbocycles. The van der Waals surface area contributed by atoms with E-state index >= 15 is 0 Å². The van der Waals surface area contributed by atoms with Crippen molar-refractivity contribution < 1.29 is 0 Å². The molecule has 0 bridgehead atoms. The van der Waals surface area contributed by atoms with E-state index in [2.05, 4.69) is 192 Å². The Labute approximate surface area is 360 Å². The summed E-state index contributed by atoms with van der Waals surface area (Å²) in [5.41, 5.74) is 27.8. The minimum Gasteiger partial charge on any atom is -0.334 e. The van der Waals surface area contributed by atoms with E-state index in [1.165, 1.54) is 132 Å². The number of para-hydroxylation sites is 2. The Balaban J connectivity index is 1.21. The Bertz CT molecular complexity index is 3130. The van der Waals surface area contributed by atoms with Gasteiger partial charge in [-0.25, -0.2) is 0 Å². The summed E-state index contributed by atoms with van der Waals surface area (Å²) in [4.78, 5) is 5.79. The molecule has 0 aromatic heterocycles. The standard InChI is InChI=1S/C59H52N2/c1-55(2,3)34-31-39-53-46(32-34)57(6)29-16-17-30-58(57,7)61(53)48-33-45-49(37-21-10-11-23-40(37)56(45,4)5)50-38-22-18-27-44-52(38)60(54(39)51(48)50)47-28-15-14-26-43(47)59(44)41-24-12-8-19-35(41)36-20-9-13-25-42(36)59/h8-15,18-28,31-33,54H,16-17,29-30H2,1-7H3. The summed E-state index contributed by atoms with van der Waals surface area (Å²) in [6.07, 6.45) is 4.95. The van der Waals surface area contributed by atoms with Crippen LogP contribution in [-0.2, 0) is 21.7 Å². The first-order valence-electron chi connectivity index (χ1n) is 22.9. The predicted molar refractivity (Wildman–Crippen MR) is 252 cm³/mol. The van der Waals surface area contributed by atoms with Crippen LogP contribution in [0.2, 0.25) is 0 Å². The normalized spacial score (nSPS) is 23.9. The van der Waals surface area contributed by atoms with E-state index < -0.39 is 5.41 Å². The van der Waals surface area contributed by atoms with Gasteiger partial charge in [0.05, 0.1) is 28.4 Å². The molecule has 3 unspecified atom stereocenters. The SMILES string of the molecule is CC(C)(C)c1cc2c3c(c1)C1(C)CCCCC1(C)N3c1cc3c(c4c1C2N1c2ccccc2C2(c5ccccc5-c5ccccc52)c2cccc-4c21)-c1ccccc1C3(C)C. The van der Waals surface area contributed by atoms with Gasteiger partial charge in [-0.2, -0.15) is 0 Å². The van der Waals surface area contributed by atoms with Crippen molar-refractivity contribution in [3.05, 3.63) is 189 Å². The molecule has 298 valence electrons. The molecule has 1 saturated carbocycles. The quantitative estimate of drug-likeness (QED) is 0.151. The van der Waals surface area contributed by atoms with Crippen molar-refractivity contribution in [2.45, 2.75) is 107 Å². The van der Waals surface area contributed by atoms with Gasteiger partial charge < -0.3 is 9.80 Å². The summed E-state index contributed by atoms with van der Waals surface area (Å²) >= 11 is 0. The second kappa shape index (κ2) is 10.8. The van der Waals surface area contributed by atoms with Crippen molar-refractivity contribution in [3.8, 4) is 33.4 Å². The van der Waals surface area contributed by atoms with Gasteiger partial charge in [-0.1, -0.05) is 176 Å². The van der Waals surface area contributed by atoms with Crippen LogP contribution >= 0.6 is 0 Å². The molecular formula is C59H52N2. The molecule has 14 rings (SSSR count). The van der Waals surface area contributed by atoms with E-state index in [0.29, 0.717) is 0 Å². The van der Waals surface area contributed by atoms with Crippen molar-refractivity contribution in [3.63, 3.8) is 0 Å². The van der Waals surface area contributed by atoms with E-state index in [4.69, 9.17) is 0 Å². The Kier molecular flexibility index (Phi) is 6.15. The molecule has 4 aliphatic heterocycles. The summed E-state index contributed by atoms with van der Waals surface area (Å²) in [7, 11) is 0. The first-order chi connectivity index (χ1) is 29.4. The van der Waals surface area contributed by atoms with Crippen molar-refractivity contribution in [2.75, 3.05) is 9.80 Å². The molecule has 0 radical (unpaired) electrons. The van der Waals surface area contributed by atoms with Gasteiger partial charge in [0.2, 0.25) is 0 Å². The van der Waals surface area contributed by atoms with Crippen LogP contribution in [0.1, 0.15) is 136 Å². The van der Waals surface area contributed by atoms with Crippen LogP contribution in [0.15, 0.2) is 133 Å². The summed E-state index contributed by atoms with van der Waals surface area (Å²) in [6.45, 7) is 17.5. The van der Waals surface area contributed by atoms with Crippen LogP contribution in [0.4, 0.5) is 22.7 Å². The Morgan fingerprint density at radius 3 is 1.84 bits per heavy atom. The zero-order valence-electron chi connectivity index (χ0n) is 36.5. The van der Waals surface area contributed by atoms with Gasteiger partial charge in [0.1, 0.15) is 0 Å². The van der Waals surface area contributed by atoms with Crippen LogP contribution in [-0.4, -0.2) is 5.54 Å². The van der Waals surface area contributed by atoms with E-state index in [-0.39, 0.29) is 27.8 Å². The van der Waals surface area contributed by atoms with Crippen LogP contribution in [0.3, 0.4) is 0 Å². The highest BCUT2D eigenvalue weighted by atomic mass is 15.3. The molecule has 7 aliphatic rings. The Hall–Kier alpha value is -5.86. The topological polar surface area (TPSA) is 6.48 Å². The van der Waals surface area contributed by atoms with Gasteiger partial charge >= 0.3 is 0 Å². The number of nitrogens with zero attached hydrogens (tertiary/aromatic N) is 2. The third-order valence-electron chi connectivity index (χ3n) is 17.5. The molecule has 0 saturated heterocycles. The number of hydrogen-bond donors (Lipinski definition) is 0. The first kappa shape index (κ1) is 34.8. The van der Waals surface area contributed by atoms with Crippen LogP contribution in [0.25, 0.3) is 33.4 Å². The molecule has 2 heteroatoms. The largest absolute Gasteiger partial charge is 0.334 e. The third kappa shape index (κ3) is 3.67. The average molecular weight is 789 g/mol. The number of anilines is 4. The average Bonchev–Trinajstić information content (AvgIpc) is 3.77. The fourth-order valence-electron chi connectivity index (χ4n) is 14.5. The molecule has 4 heterocycles. The van der Waals surface area contributed by atoms with E-state index in [9.17, 15) is 0 Å². The van der Waals surface area contributed by atoms with Crippen molar-refractivity contribution in [2.24, 2.45) is 0 Å². The molecule has 3 atom stereocenters. The molecule has 0 amide bonds. The highest BCUT2D eigenvalue weighted by Crippen LogP contribution is 2.74. The third-order valence-corrected chi connectivity index (χ3v) is 17.5. The maximum atomic E-state index is 2.94. The lowest BCUT2D eigenvalue weighted by molar-refractivity contribution is 0.194. The number of hydrogen-bond acceptors (Lipinski definition) is 2. The maximum absolute atomic E-state index is 2.94. The molecule has 61 heavy (non-hydrogen) atoms. The highest BCUT2D eigenvalue weighted by Gasteiger charge is 2.63. The summed E-state index contributed by atoms with van der Waals surface area (Å²) in [5.74, 6) is 0. The van der Waals surface area contributed by atoms with Crippen LogP contribution in [0.5, 0.6) is 0 Å². The molecule has 2 nitrogen and oxygen atoms in total. The van der Waals surface area contributed by atoms with Gasteiger partial charge in [-0.3, -0.25) is 0 Å². The Morgan fingerprint density at radius 1 is 0.508 bits per heavy atom. The molecule has 1 fully saturated rings. The second-order valence-corrected chi connectivity index (χ2v) is 21.5. The Morgan fingerprint density at radius 2 is 1.11 bits per heavy atom. The molecule has 7 aromatic rings. The van der Waals surface area contributed by atoms with Gasteiger partial charge in [0.25, 0.3) is 0 Å². The minimum atomic E-state index is -0.465. The van der Waals surface area contributed by atoms with Gasteiger partial charge in [-0.15, -0.1) is 0 Å². The zero-order valence-corrected chi connectivity index (χ0v) is 36.5. The number of benzene rings is 7. The highest BCUT2D eigenvalue weighted by molar-refractivity contribution is 6.09. The van der Waals surface area contributed by atoms with Crippen LogP contribution < -0.4 is 9.80 Å². The lowest BCUT2D eigenvalue weighted by atomic mass is 9.61. The number of fused-ring (bicyclic) bond motifs is 20. The first-order valence-corrected chi connectivity index (χ1v) is 22.9. The van der Waals surface area contributed by atoms with Gasteiger partial charge in [-0.05, 0) is 110 Å². The van der Waals surface area contributed by atoms with E-state index in [0.717, 1.165) is 0 Å². The minimum absolute atomic E-state index is 0.00938. The second-order valence-electron chi connectivity index (χ2n) is 21.5. The number of rotatable bonds is 0. The summed E-state index contributed by atoms with van der Waals surface area (Å²) in [6, 6.07) is 52.8. The fourth-order valence-corrected chi connectivity index (χ4v) is 14.5. The summed E-state index contributed by atoms with van der Waals surface area (Å²) < 4.78 is 0. The molecule has 3 aliphatic carbocycles.